The molecule has 0 aliphatic carbocycles. The van der Waals surface area contributed by atoms with Gasteiger partial charge in [0.2, 0.25) is 0 Å². The summed E-state index contributed by atoms with van der Waals surface area (Å²) in [6, 6.07) is 0. The Bertz CT molecular complexity index is 217. The minimum atomic E-state index is -1.94. The third-order valence-corrected chi connectivity index (χ3v) is 0.298. The summed E-state index contributed by atoms with van der Waals surface area (Å²) in [5.74, 6) is 0. The molecule has 0 spiro atoms. The fourth-order valence-electron chi connectivity index (χ4n) is 0. The number of carbonyl (C=O) groups excluding carboxylic acids is 4. The topological polar surface area (TPSA) is 278 Å². The first-order chi connectivity index (χ1) is 9.08. The van der Waals surface area contributed by atoms with Crippen molar-refractivity contribution < 1.29 is 106 Å². The predicted molar refractivity (Wildman–Crippen MR) is 36.4 cm³/mol. The Morgan fingerprint density at radius 3 is 0.571 bits per heavy atom. The van der Waals surface area contributed by atoms with Crippen LogP contribution in [0.25, 0.3) is 0 Å². The van der Waals surface area contributed by atoms with E-state index in [1.54, 1.807) is 0 Å². The van der Waals surface area contributed by atoms with Crippen LogP contribution in [0.4, 0.5) is 19.2 Å². The fourth-order valence-corrected chi connectivity index (χ4v) is 0. The molecule has 4 N–H and O–H groups in total. The number of hydrogen-bond donors (Lipinski definition) is 4. The molecule has 0 heterocycles. The van der Waals surface area contributed by atoms with Gasteiger partial charge in [-0.15, -0.1) is 0 Å². The molecule has 0 aliphatic rings. The maximum absolute atomic E-state index is 8.78. The molecular formula is C4H4O16Zr. The summed E-state index contributed by atoms with van der Waals surface area (Å²) in [4.78, 5) is 45.4. The summed E-state index contributed by atoms with van der Waals surface area (Å²) in [7, 11) is 0. The van der Waals surface area contributed by atoms with Crippen molar-refractivity contribution >= 4 is 24.6 Å². The Morgan fingerprint density at radius 2 is 0.571 bits per heavy atom. The van der Waals surface area contributed by atoms with Gasteiger partial charge in [-0.3, -0.25) is 21.0 Å². The molecule has 0 aromatic rings. The van der Waals surface area contributed by atoms with Gasteiger partial charge in [0.1, 0.15) is 0 Å². The van der Waals surface area contributed by atoms with Crippen LogP contribution in [0.5, 0.6) is 0 Å². The Kier molecular flexibility index (Phi) is 39.3. The van der Waals surface area contributed by atoms with E-state index in [-0.39, 0.29) is 26.2 Å². The molecule has 16 nitrogen and oxygen atoms in total. The molecule has 21 heavy (non-hydrogen) atoms. The second-order valence-electron chi connectivity index (χ2n) is 1.37. The van der Waals surface area contributed by atoms with Gasteiger partial charge in [0, 0.05) is 0 Å². The van der Waals surface area contributed by atoms with Crippen LogP contribution < -0.4 is 20.4 Å². The van der Waals surface area contributed by atoms with Crippen molar-refractivity contribution in [2.75, 3.05) is 0 Å². The predicted octanol–water partition coefficient (Wildman–Crippen LogP) is -4.73. The molecule has 0 bridgehead atoms. The van der Waals surface area contributed by atoms with Gasteiger partial charge >= 0.3 is 26.2 Å². The molecule has 0 atom stereocenters. The van der Waals surface area contributed by atoms with Crippen molar-refractivity contribution in [3.63, 3.8) is 0 Å². The summed E-state index contributed by atoms with van der Waals surface area (Å²) in [5, 5.41) is 63.1. The summed E-state index contributed by atoms with van der Waals surface area (Å²) >= 11 is 0. The van der Waals surface area contributed by atoms with Crippen molar-refractivity contribution in [3.05, 3.63) is 0 Å². The molecule has 0 fully saturated rings. The van der Waals surface area contributed by atoms with Crippen molar-refractivity contribution in [1.29, 1.82) is 0 Å². The largest absolute Gasteiger partial charge is 4.00 e. The zero-order chi connectivity index (χ0) is 17.1. The van der Waals surface area contributed by atoms with Gasteiger partial charge in [0.25, 0.3) is 24.6 Å². The third-order valence-electron chi connectivity index (χ3n) is 0.298. The van der Waals surface area contributed by atoms with E-state index < -0.39 is 24.6 Å². The van der Waals surface area contributed by atoms with Crippen LogP contribution in [-0.4, -0.2) is 45.7 Å². The molecule has 17 heteroatoms. The van der Waals surface area contributed by atoms with E-state index in [4.69, 9.17) is 60.6 Å². The average Bonchev–Trinajstić information content (AvgIpc) is 2.40. The van der Waals surface area contributed by atoms with E-state index in [9.17, 15) is 0 Å². The summed E-state index contributed by atoms with van der Waals surface area (Å²) < 4.78 is 0. The standard InChI is InChI=1S/4CH2O4.Zr/c4*2-1(3)5-4;/h4*4H,(H,2,3);/q;;;;+4/p-4. The zero-order valence-electron chi connectivity index (χ0n) is 9.19. The second kappa shape index (κ2) is 26.4. The summed E-state index contributed by atoms with van der Waals surface area (Å²) in [6.07, 6.45) is -7.76. The van der Waals surface area contributed by atoms with Crippen molar-refractivity contribution in [2.24, 2.45) is 0 Å². The van der Waals surface area contributed by atoms with E-state index in [0.29, 0.717) is 0 Å². The van der Waals surface area contributed by atoms with E-state index in [1.807, 2.05) is 0 Å². The van der Waals surface area contributed by atoms with Crippen molar-refractivity contribution in [2.45, 2.75) is 0 Å². The zero-order valence-corrected chi connectivity index (χ0v) is 11.6. The maximum atomic E-state index is 8.78. The van der Waals surface area contributed by atoms with Gasteiger partial charge in [-0.2, -0.15) is 0 Å². The Morgan fingerprint density at radius 1 is 0.524 bits per heavy atom. The molecule has 120 valence electrons. The molecule has 0 aliphatic heterocycles. The third kappa shape index (κ3) is 132. The normalized spacial score (nSPS) is 6.29. The number of carbonyl (C=O) groups is 4. The van der Waals surface area contributed by atoms with Crippen LogP contribution in [0, 0.1) is 0 Å². The molecule has 0 unspecified atom stereocenters. The average molecular weight is 399 g/mol. The van der Waals surface area contributed by atoms with E-state index in [2.05, 4.69) is 19.6 Å². The Hall–Kier alpha value is -2.20. The monoisotopic (exact) mass is 398 g/mol. The molecule has 0 aromatic heterocycles. The van der Waals surface area contributed by atoms with Gasteiger partial charge < -0.3 is 59.2 Å². The van der Waals surface area contributed by atoms with Gasteiger partial charge in [-0.25, -0.2) is 0 Å². The minimum absolute atomic E-state index is 0. The van der Waals surface area contributed by atoms with E-state index >= 15 is 0 Å². The van der Waals surface area contributed by atoms with Gasteiger partial charge in [-0.1, -0.05) is 0 Å². The van der Waals surface area contributed by atoms with Crippen LogP contribution in [0.3, 0.4) is 0 Å². The number of rotatable bonds is 0. The first-order valence-corrected chi connectivity index (χ1v) is 3.18. The minimum Gasteiger partial charge on any atom is -0.424 e. The first-order valence-electron chi connectivity index (χ1n) is 3.18. The van der Waals surface area contributed by atoms with Crippen LogP contribution in [-0.2, 0) is 45.8 Å². The number of hydrogen-bond acceptors (Lipinski definition) is 16. The Balaban J connectivity index is -0.0000000533. The van der Waals surface area contributed by atoms with Gasteiger partial charge in [0.15, 0.2) is 0 Å². The molecule has 0 saturated carbocycles. The van der Waals surface area contributed by atoms with Crippen LogP contribution in [0.15, 0.2) is 0 Å². The fraction of sp³-hybridized carbons (Fsp3) is 0. The molecule has 0 rings (SSSR count). The Labute approximate surface area is 131 Å². The SMILES string of the molecule is O=C([O-])OO.O=C([O-])OO.O=C([O-])OO.O=C([O-])OO.[Zr+4]. The van der Waals surface area contributed by atoms with Gasteiger partial charge in [0.05, 0.1) is 0 Å². The molecule has 0 radical (unpaired) electrons. The molecule has 0 amide bonds. The van der Waals surface area contributed by atoms with Crippen LogP contribution in [0.2, 0.25) is 0 Å². The second-order valence-corrected chi connectivity index (χ2v) is 1.37. The molecule has 0 aromatic carbocycles. The summed E-state index contributed by atoms with van der Waals surface area (Å²) in [6.45, 7) is 0. The number of carboxylic acid groups (broad SMARTS) is 4. The quantitative estimate of drug-likeness (QED) is 0.169. The molecular weight excluding hydrogens is 395 g/mol. The van der Waals surface area contributed by atoms with Crippen molar-refractivity contribution in [1.82, 2.24) is 0 Å². The van der Waals surface area contributed by atoms with Crippen LogP contribution in [0.1, 0.15) is 0 Å². The molecule has 0 saturated heterocycles. The van der Waals surface area contributed by atoms with Crippen molar-refractivity contribution in [3.8, 4) is 0 Å². The van der Waals surface area contributed by atoms with Gasteiger partial charge in [-0.05, 0) is 0 Å². The maximum Gasteiger partial charge on any atom is 4.00 e. The van der Waals surface area contributed by atoms with Crippen LogP contribution >= 0.6 is 0 Å². The van der Waals surface area contributed by atoms with E-state index in [1.165, 1.54) is 0 Å². The summed E-state index contributed by atoms with van der Waals surface area (Å²) in [5.41, 5.74) is 0. The first kappa shape index (κ1) is 31.3. The smallest absolute Gasteiger partial charge is 0.424 e. The van der Waals surface area contributed by atoms with E-state index in [0.717, 1.165) is 0 Å².